The molecule has 1 fully saturated rings. The molecule has 1 aliphatic rings. The molecule has 1 aliphatic carbocycles. The van der Waals surface area contributed by atoms with Crippen molar-refractivity contribution in [2.24, 2.45) is 0 Å². The van der Waals surface area contributed by atoms with Gasteiger partial charge >= 0.3 is 0 Å². The summed E-state index contributed by atoms with van der Waals surface area (Å²) in [4.78, 5) is 0. The lowest BCUT2D eigenvalue weighted by atomic mass is 9.94. The van der Waals surface area contributed by atoms with Crippen LogP contribution in [0.3, 0.4) is 0 Å². The van der Waals surface area contributed by atoms with E-state index in [2.05, 4.69) is 5.32 Å². The Morgan fingerprint density at radius 1 is 1.30 bits per heavy atom. The summed E-state index contributed by atoms with van der Waals surface area (Å²) >= 11 is 0. The van der Waals surface area contributed by atoms with Gasteiger partial charge in [-0.2, -0.15) is 0 Å². The maximum atomic E-state index is 13.8. The van der Waals surface area contributed by atoms with Gasteiger partial charge in [0.25, 0.3) is 0 Å². The highest BCUT2D eigenvalue weighted by molar-refractivity contribution is 5.62. The summed E-state index contributed by atoms with van der Waals surface area (Å²) in [7, 11) is 1.49. The van der Waals surface area contributed by atoms with Crippen LogP contribution in [0.25, 0.3) is 0 Å². The molecule has 1 aromatic rings. The van der Waals surface area contributed by atoms with Gasteiger partial charge in [-0.1, -0.05) is 25.7 Å². The molecule has 1 saturated carbocycles. The molecule has 2 rings (SSSR count). The van der Waals surface area contributed by atoms with Gasteiger partial charge in [-0.3, -0.25) is 0 Å². The maximum Gasteiger partial charge on any atom is 0.148 e. The quantitative estimate of drug-likeness (QED) is 0.587. The molecule has 20 heavy (non-hydrogen) atoms. The van der Waals surface area contributed by atoms with E-state index in [1.807, 2.05) is 0 Å². The van der Waals surface area contributed by atoms with Crippen LogP contribution in [0, 0.1) is 5.82 Å². The van der Waals surface area contributed by atoms with Crippen LogP contribution < -0.4 is 15.8 Å². The first-order valence-corrected chi connectivity index (χ1v) is 7.13. The van der Waals surface area contributed by atoms with Crippen molar-refractivity contribution in [2.45, 2.75) is 44.1 Å². The van der Waals surface area contributed by atoms with E-state index < -0.39 is 11.4 Å². The summed E-state index contributed by atoms with van der Waals surface area (Å²) < 4.78 is 18.9. The average Bonchev–Trinajstić information content (AvgIpc) is 2.63. The molecule has 112 valence electrons. The molecule has 4 nitrogen and oxygen atoms in total. The average molecular weight is 282 g/mol. The number of methoxy groups -OCH3 is 1. The predicted molar refractivity (Wildman–Crippen MR) is 78.5 cm³/mol. The van der Waals surface area contributed by atoms with Gasteiger partial charge in [0.15, 0.2) is 0 Å². The zero-order valence-corrected chi connectivity index (χ0v) is 11.9. The first kappa shape index (κ1) is 14.9. The van der Waals surface area contributed by atoms with Crippen LogP contribution in [-0.2, 0) is 0 Å². The molecule has 0 heterocycles. The van der Waals surface area contributed by atoms with Gasteiger partial charge in [0.2, 0.25) is 0 Å². The Bertz CT molecular complexity index is 457. The van der Waals surface area contributed by atoms with Crippen LogP contribution in [0.5, 0.6) is 5.75 Å². The Labute approximate surface area is 119 Å². The first-order valence-electron chi connectivity index (χ1n) is 7.13. The van der Waals surface area contributed by atoms with E-state index in [0.717, 1.165) is 38.5 Å². The fraction of sp³-hybridized carbons (Fsp3) is 0.600. The van der Waals surface area contributed by atoms with E-state index in [1.165, 1.54) is 19.2 Å². The van der Waals surface area contributed by atoms with E-state index in [-0.39, 0.29) is 5.69 Å². The van der Waals surface area contributed by atoms with E-state index in [9.17, 15) is 9.50 Å². The largest absolute Gasteiger partial charge is 0.495 e. The van der Waals surface area contributed by atoms with Crippen molar-refractivity contribution >= 4 is 11.4 Å². The van der Waals surface area contributed by atoms with Crippen LogP contribution in [0.2, 0.25) is 0 Å². The molecule has 0 amide bonds. The normalized spacial score (nSPS) is 18.4. The molecular formula is C15H23FN2O2. The van der Waals surface area contributed by atoms with Crippen LogP contribution in [0.4, 0.5) is 15.8 Å². The van der Waals surface area contributed by atoms with Crippen molar-refractivity contribution in [2.75, 3.05) is 24.7 Å². The predicted octanol–water partition coefficient (Wildman–Crippen LogP) is 2.91. The fourth-order valence-electron chi connectivity index (χ4n) is 2.70. The lowest BCUT2D eigenvalue weighted by Crippen LogP contribution is -2.36. The molecule has 0 spiro atoms. The van der Waals surface area contributed by atoms with Gasteiger partial charge in [-0.05, 0) is 12.8 Å². The molecule has 0 aliphatic heterocycles. The zero-order chi connectivity index (χ0) is 14.6. The smallest absolute Gasteiger partial charge is 0.148 e. The van der Waals surface area contributed by atoms with Crippen LogP contribution in [-0.4, -0.2) is 24.4 Å². The Morgan fingerprint density at radius 2 is 1.95 bits per heavy atom. The second kappa shape index (κ2) is 6.31. The number of hydrogen-bond donors (Lipinski definition) is 3. The molecule has 0 unspecified atom stereocenters. The highest BCUT2D eigenvalue weighted by atomic mass is 19.1. The Hall–Kier alpha value is -1.49. The SMILES string of the molecule is COc1cc(NCC2(O)CCCCCC2)c(F)cc1N. The van der Waals surface area contributed by atoms with E-state index in [1.54, 1.807) is 0 Å². The molecule has 0 aromatic heterocycles. The first-order chi connectivity index (χ1) is 9.54. The molecule has 0 atom stereocenters. The van der Waals surface area contributed by atoms with Crippen molar-refractivity contribution < 1.29 is 14.2 Å². The summed E-state index contributed by atoms with van der Waals surface area (Å²) in [5.74, 6) is 0.00211. The molecule has 0 radical (unpaired) electrons. The Morgan fingerprint density at radius 3 is 2.55 bits per heavy atom. The van der Waals surface area contributed by atoms with Crippen molar-refractivity contribution in [1.29, 1.82) is 0 Å². The number of nitrogen functional groups attached to an aromatic ring is 1. The van der Waals surface area contributed by atoms with Gasteiger partial charge < -0.3 is 20.9 Å². The molecule has 0 bridgehead atoms. The number of hydrogen-bond acceptors (Lipinski definition) is 4. The van der Waals surface area contributed by atoms with Crippen LogP contribution >= 0.6 is 0 Å². The number of nitrogens with one attached hydrogen (secondary N) is 1. The molecular weight excluding hydrogens is 259 g/mol. The van der Waals surface area contributed by atoms with E-state index >= 15 is 0 Å². The van der Waals surface area contributed by atoms with Gasteiger partial charge in [0, 0.05) is 18.7 Å². The Kier molecular flexibility index (Phi) is 4.70. The van der Waals surface area contributed by atoms with Crippen LogP contribution in [0.1, 0.15) is 38.5 Å². The third kappa shape index (κ3) is 3.54. The molecule has 5 heteroatoms. The van der Waals surface area contributed by atoms with Gasteiger partial charge in [-0.25, -0.2) is 4.39 Å². The number of nitrogens with two attached hydrogens (primary N) is 1. The van der Waals surface area contributed by atoms with Gasteiger partial charge in [0.1, 0.15) is 11.6 Å². The summed E-state index contributed by atoms with van der Waals surface area (Å²) in [6, 6.07) is 2.77. The van der Waals surface area contributed by atoms with Crippen molar-refractivity contribution in [1.82, 2.24) is 0 Å². The van der Waals surface area contributed by atoms with Crippen molar-refractivity contribution in [3.63, 3.8) is 0 Å². The van der Waals surface area contributed by atoms with Crippen molar-refractivity contribution in [3.8, 4) is 5.75 Å². The van der Waals surface area contributed by atoms with Gasteiger partial charge in [-0.15, -0.1) is 0 Å². The summed E-state index contributed by atoms with van der Waals surface area (Å²) in [6.45, 7) is 0.344. The summed E-state index contributed by atoms with van der Waals surface area (Å²) in [5, 5.41) is 13.5. The number of rotatable bonds is 4. The second-order valence-electron chi connectivity index (χ2n) is 5.57. The standard InChI is InChI=1S/C15H23FN2O2/c1-20-14-9-13(11(16)8-12(14)17)18-10-15(19)6-4-2-3-5-7-15/h8-9,18-19H,2-7,10,17H2,1H3. The van der Waals surface area contributed by atoms with Gasteiger partial charge in [0.05, 0.1) is 24.1 Å². The maximum absolute atomic E-state index is 13.8. The minimum absolute atomic E-state index is 0.267. The number of benzene rings is 1. The lowest BCUT2D eigenvalue weighted by Gasteiger charge is -2.27. The number of anilines is 2. The highest BCUT2D eigenvalue weighted by Crippen LogP contribution is 2.31. The topological polar surface area (TPSA) is 67.5 Å². The number of ether oxygens (including phenoxy) is 1. The molecule has 4 N–H and O–H groups in total. The minimum Gasteiger partial charge on any atom is -0.495 e. The Balaban J connectivity index is 2.06. The monoisotopic (exact) mass is 282 g/mol. The summed E-state index contributed by atoms with van der Waals surface area (Å²) in [5.41, 5.74) is 5.47. The highest BCUT2D eigenvalue weighted by Gasteiger charge is 2.28. The lowest BCUT2D eigenvalue weighted by molar-refractivity contribution is 0.0381. The second-order valence-corrected chi connectivity index (χ2v) is 5.57. The minimum atomic E-state index is -0.752. The third-order valence-corrected chi connectivity index (χ3v) is 3.96. The number of aliphatic hydroxyl groups is 1. The molecule has 0 saturated heterocycles. The zero-order valence-electron chi connectivity index (χ0n) is 11.9. The third-order valence-electron chi connectivity index (χ3n) is 3.96. The van der Waals surface area contributed by atoms with Crippen molar-refractivity contribution in [3.05, 3.63) is 17.9 Å². The molecule has 1 aromatic carbocycles. The van der Waals surface area contributed by atoms with Crippen LogP contribution in [0.15, 0.2) is 12.1 Å². The summed E-state index contributed by atoms with van der Waals surface area (Å²) in [6.07, 6.45) is 5.87. The fourth-order valence-corrected chi connectivity index (χ4v) is 2.70. The van der Waals surface area contributed by atoms with E-state index in [0.29, 0.717) is 18.0 Å². The number of halogens is 1. The van der Waals surface area contributed by atoms with E-state index in [4.69, 9.17) is 10.5 Å².